The average molecular weight is 334 g/mol. The van der Waals surface area contributed by atoms with Crippen molar-refractivity contribution in [3.8, 4) is 0 Å². The van der Waals surface area contributed by atoms with Crippen LogP contribution in [0.3, 0.4) is 0 Å². The number of nitro groups is 1. The lowest BCUT2D eigenvalue weighted by molar-refractivity contribution is -0.384. The molecule has 1 rings (SSSR count). The molecule has 0 aromatic heterocycles. The van der Waals surface area contributed by atoms with Crippen LogP contribution >= 0.6 is 15.9 Å². The summed E-state index contributed by atoms with van der Waals surface area (Å²) in [6.07, 6.45) is 0. The molecule has 0 aliphatic rings. The molecule has 0 saturated carbocycles. The predicted molar refractivity (Wildman–Crippen MR) is 77.0 cm³/mol. The van der Waals surface area contributed by atoms with Gasteiger partial charge in [0.25, 0.3) is 5.69 Å². The third kappa shape index (κ3) is 4.43. The van der Waals surface area contributed by atoms with Gasteiger partial charge in [-0.1, -0.05) is 13.8 Å². The number of nitro benzene ring substituents is 1. The summed E-state index contributed by atoms with van der Waals surface area (Å²) in [5.41, 5.74) is 0.0747. The molecule has 0 saturated heterocycles. The zero-order valence-corrected chi connectivity index (χ0v) is 12.5. The van der Waals surface area contributed by atoms with E-state index >= 15 is 0 Å². The van der Waals surface area contributed by atoms with Gasteiger partial charge in [0.1, 0.15) is 11.5 Å². The topological polar surface area (TPSA) is 58.4 Å². The molecule has 0 radical (unpaired) electrons. The van der Waals surface area contributed by atoms with Gasteiger partial charge in [0.2, 0.25) is 0 Å². The molecule has 106 valence electrons. The molecule has 0 heterocycles. The lowest BCUT2D eigenvalue weighted by atomic mass is 10.2. The number of hydrogen-bond acceptors (Lipinski definition) is 4. The maximum Gasteiger partial charge on any atom is 0.295 e. The monoisotopic (exact) mass is 333 g/mol. The van der Waals surface area contributed by atoms with E-state index in [-0.39, 0.29) is 10.2 Å². The highest BCUT2D eigenvalue weighted by atomic mass is 79.9. The molecule has 0 aliphatic carbocycles. The van der Waals surface area contributed by atoms with Crippen LogP contribution in [-0.4, -0.2) is 36.0 Å². The Bertz CT molecular complexity index is 453. The fourth-order valence-electron chi connectivity index (χ4n) is 1.72. The molecule has 0 bridgehead atoms. The molecule has 0 amide bonds. The van der Waals surface area contributed by atoms with Crippen LogP contribution < -0.4 is 5.32 Å². The first-order chi connectivity index (χ1) is 8.99. The van der Waals surface area contributed by atoms with Gasteiger partial charge >= 0.3 is 0 Å². The highest BCUT2D eigenvalue weighted by molar-refractivity contribution is 9.10. The maximum atomic E-state index is 13.3. The van der Waals surface area contributed by atoms with Gasteiger partial charge in [-0.2, -0.15) is 0 Å². The van der Waals surface area contributed by atoms with Crippen molar-refractivity contribution in [2.75, 3.05) is 31.5 Å². The number of nitrogens with one attached hydrogen (secondary N) is 1. The van der Waals surface area contributed by atoms with Crippen LogP contribution in [0.5, 0.6) is 0 Å². The van der Waals surface area contributed by atoms with E-state index in [1.807, 2.05) is 0 Å². The molecule has 0 atom stereocenters. The van der Waals surface area contributed by atoms with Crippen LogP contribution in [0, 0.1) is 15.9 Å². The number of likely N-dealkylation sites (N-methyl/N-ethyl adjacent to an activating group) is 1. The van der Waals surface area contributed by atoms with Crippen LogP contribution in [0.4, 0.5) is 15.8 Å². The van der Waals surface area contributed by atoms with Gasteiger partial charge in [0.05, 0.1) is 15.5 Å². The van der Waals surface area contributed by atoms with Crippen LogP contribution in [0.1, 0.15) is 13.8 Å². The first-order valence-corrected chi connectivity index (χ1v) is 6.88. The van der Waals surface area contributed by atoms with Gasteiger partial charge in [-0.15, -0.1) is 0 Å². The highest BCUT2D eigenvalue weighted by Gasteiger charge is 2.17. The van der Waals surface area contributed by atoms with Crippen molar-refractivity contribution in [2.24, 2.45) is 0 Å². The molecule has 0 aliphatic heterocycles. The maximum absolute atomic E-state index is 13.3. The normalized spacial score (nSPS) is 10.8. The molecule has 5 nitrogen and oxygen atoms in total. The summed E-state index contributed by atoms with van der Waals surface area (Å²) < 4.78 is 13.5. The number of anilines is 1. The van der Waals surface area contributed by atoms with Gasteiger partial charge in [0.15, 0.2) is 0 Å². The van der Waals surface area contributed by atoms with Crippen molar-refractivity contribution in [1.29, 1.82) is 0 Å². The minimum absolute atomic E-state index is 0.212. The Kier molecular flexibility index (Phi) is 6.17. The Labute approximate surface area is 120 Å². The minimum atomic E-state index is -0.638. The van der Waals surface area contributed by atoms with Gasteiger partial charge in [-0.05, 0) is 35.1 Å². The predicted octanol–water partition coefficient (Wildman–Crippen LogP) is 3.25. The summed E-state index contributed by atoms with van der Waals surface area (Å²) >= 11 is 3.03. The fraction of sp³-hybridized carbons (Fsp3) is 0.500. The van der Waals surface area contributed by atoms with Gasteiger partial charge in [-0.25, -0.2) is 4.39 Å². The van der Waals surface area contributed by atoms with Gasteiger partial charge in [0, 0.05) is 13.1 Å². The van der Waals surface area contributed by atoms with Crippen molar-refractivity contribution >= 4 is 27.3 Å². The first kappa shape index (κ1) is 15.8. The number of benzene rings is 1. The highest BCUT2D eigenvalue weighted by Crippen LogP contribution is 2.30. The molecule has 7 heteroatoms. The lowest BCUT2D eigenvalue weighted by Crippen LogP contribution is -2.28. The average Bonchev–Trinajstić information content (AvgIpc) is 2.38. The molecule has 1 aromatic rings. The standard InChI is InChI=1S/C12H17BrFN3O2/c1-3-16(4-2)6-5-15-11-7-9(13)10(14)8-12(11)17(18)19/h7-8,15H,3-6H2,1-2H3. The molecular formula is C12H17BrFN3O2. The number of rotatable bonds is 7. The molecule has 1 N–H and O–H groups in total. The van der Waals surface area contributed by atoms with Gasteiger partial charge in [-0.3, -0.25) is 10.1 Å². The van der Waals surface area contributed by atoms with Crippen molar-refractivity contribution in [1.82, 2.24) is 4.90 Å². The van der Waals surface area contributed by atoms with E-state index in [9.17, 15) is 14.5 Å². The minimum Gasteiger partial charge on any atom is -0.378 e. The number of hydrogen-bond donors (Lipinski definition) is 1. The Hall–Kier alpha value is -1.21. The summed E-state index contributed by atoms with van der Waals surface area (Å²) in [5, 5.41) is 13.8. The second kappa shape index (κ2) is 7.40. The van der Waals surface area contributed by atoms with Crippen LogP contribution in [0.2, 0.25) is 0 Å². The van der Waals surface area contributed by atoms with E-state index in [1.54, 1.807) is 0 Å². The van der Waals surface area contributed by atoms with Crippen molar-refractivity contribution in [3.05, 3.63) is 32.5 Å². The van der Waals surface area contributed by atoms with E-state index in [0.717, 1.165) is 25.7 Å². The van der Waals surface area contributed by atoms with Crippen molar-refractivity contribution in [3.63, 3.8) is 0 Å². The fourth-order valence-corrected chi connectivity index (χ4v) is 2.06. The van der Waals surface area contributed by atoms with E-state index in [1.165, 1.54) is 6.07 Å². The van der Waals surface area contributed by atoms with Crippen molar-refractivity contribution in [2.45, 2.75) is 13.8 Å². The molecule has 0 unspecified atom stereocenters. The number of halogens is 2. The number of nitrogens with zero attached hydrogens (tertiary/aromatic N) is 2. The summed E-state index contributed by atoms with van der Waals surface area (Å²) in [7, 11) is 0. The zero-order valence-electron chi connectivity index (χ0n) is 10.9. The zero-order chi connectivity index (χ0) is 14.4. The summed E-state index contributed by atoms with van der Waals surface area (Å²) in [6, 6.07) is 2.32. The molecule has 19 heavy (non-hydrogen) atoms. The molecular weight excluding hydrogens is 317 g/mol. The summed E-state index contributed by atoms with van der Waals surface area (Å²) in [6.45, 7) is 7.31. The Morgan fingerprint density at radius 3 is 2.58 bits per heavy atom. The van der Waals surface area contributed by atoms with Crippen LogP contribution in [0.25, 0.3) is 0 Å². The Balaban J connectivity index is 2.77. The van der Waals surface area contributed by atoms with Crippen LogP contribution in [0.15, 0.2) is 16.6 Å². The van der Waals surface area contributed by atoms with E-state index in [2.05, 4.69) is 40.0 Å². The smallest absolute Gasteiger partial charge is 0.295 e. The second-order valence-electron chi connectivity index (χ2n) is 3.99. The van der Waals surface area contributed by atoms with E-state index < -0.39 is 10.7 Å². The molecule has 0 fully saturated rings. The van der Waals surface area contributed by atoms with Crippen molar-refractivity contribution < 1.29 is 9.31 Å². The van der Waals surface area contributed by atoms with Gasteiger partial charge < -0.3 is 10.2 Å². The second-order valence-corrected chi connectivity index (χ2v) is 4.85. The summed E-state index contributed by atoms with van der Waals surface area (Å²) in [5.74, 6) is -0.638. The largest absolute Gasteiger partial charge is 0.378 e. The summed E-state index contributed by atoms with van der Waals surface area (Å²) in [4.78, 5) is 12.5. The third-order valence-electron chi connectivity index (χ3n) is 2.87. The Morgan fingerprint density at radius 2 is 2.05 bits per heavy atom. The SMILES string of the molecule is CCN(CC)CCNc1cc(Br)c(F)cc1[N+](=O)[O-]. The quantitative estimate of drug-likeness (QED) is 0.614. The Morgan fingerprint density at radius 1 is 1.42 bits per heavy atom. The van der Waals surface area contributed by atoms with E-state index in [0.29, 0.717) is 12.2 Å². The molecule has 0 spiro atoms. The first-order valence-electron chi connectivity index (χ1n) is 6.09. The van der Waals surface area contributed by atoms with Crippen LogP contribution in [-0.2, 0) is 0 Å². The molecule has 1 aromatic carbocycles. The lowest BCUT2D eigenvalue weighted by Gasteiger charge is -2.18. The third-order valence-corrected chi connectivity index (χ3v) is 3.48. The van der Waals surface area contributed by atoms with E-state index in [4.69, 9.17) is 0 Å².